The Hall–Kier alpha value is -1.12. The van der Waals surface area contributed by atoms with Crippen LogP contribution in [0.3, 0.4) is 0 Å². The molecule has 0 amide bonds. The van der Waals surface area contributed by atoms with Crippen LogP contribution in [0.25, 0.3) is 0 Å². The monoisotopic (exact) mass is 281 g/mol. The molecule has 1 aromatic carbocycles. The molecule has 1 N–H and O–H groups in total. The van der Waals surface area contributed by atoms with Gasteiger partial charge < -0.3 is 5.11 Å². The second kappa shape index (κ2) is 3.72. The van der Waals surface area contributed by atoms with Crippen LogP contribution in [0.2, 0.25) is 0 Å². The van der Waals surface area contributed by atoms with Crippen LogP contribution in [0.1, 0.15) is 29.5 Å². The van der Waals surface area contributed by atoms with Gasteiger partial charge in [-0.3, -0.25) is 0 Å². The number of halogens is 1. The van der Waals surface area contributed by atoms with Gasteiger partial charge in [-0.2, -0.15) is 4.99 Å². The fourth-order valence-electron chi connectivity index (χ4n) is 2.07. The molecule has 1 aliphatic rings. The molecule has 1 aliphatic carbocycles. The Bertz CT molecular complexity index is 500. The lowest BCUT2D eigenvalue weighted by Gasteiger charge is -2.16. The summed E-state index contributed by atoms with van der Waals surface area (Å²) in [4.78, 5) is 14.3. The molecule has 0 aliphatic heterocycles. The quantitative estimate of drug-likeness (QED) is 0.669. The third-order valence-corrected chi connectivity index (χ3v) is 3.96. The summed E-state index contributed by atoms with van der Waals surface area (Å²) in [6, 6.07) is 1.95. The second-order valence-corrected chi connectivity index (χ2v) is 5.11. The highest BCUT2D eigenvalue weighted by atomic mass is 79.9. The van der Waals surface area contributed by atoms with Crippen LogP contribution in [-0.4, -0.2) is 11.2 Å². The largest absolute Gasteiger partial charge is 0.507 e. The van der Waals surface area contributed by atoms with Crippen LogP contribution in [-0.2, 0) is 10.3 Å². The van der Waals surface area contributed by atoms with Gasteiger partial charge in [0.15, 0.2) is 0 Å². The molecule has 0 saturated heterocycles. The predicted molar refractivity (Wildman–Crippen MR) is 64.3 cm³/mol. The Morgan fingerprint density at radius 3 is 2.62 bits per heavy atom. The normalized spacial score (nSPS) is 16.7. The van der Waals surface area contributed by atoms with Crippen molar-refractivity contribution in [2.45, 2.75) is 32.2 Å². The van der Waals surface area contributed by atoms with Gasteiger partial charge >= 0.3 is 0 Å². The van der Waals surface area contributed by atoms with Gasteiger partial charge in [-0.15, -0.1) is 0 Å². The first kappa shape index (κ1) is 11.4. The minimum atomic E-state index is -0.513. The van der Waals surface area contributed by atoms with Crippen LogP contribution in [0, 0.1) is 13.8 Å². The lowest BCUT2D eigenvalue weighted by Crippen LogP contribution is -2.06. The van der Waals surface area contributed by atoms with Gasteiger partial charge in [-0.1, -0.05) is 15.9 Å². The van der Waals surface area contributed by atoms with Crippen LogP contribution >= 0.6 is 15.9 Å². The van der Waals surface area contributed by atoms with E-state index < -0.39 is 5.54 Å². The zero-order valence-electron chi connectivity index (χ0n) is 9.17. The Morgan fingerprint density at radius 2 is 2.12 bits per heavy atom. The van der Waals surface area contributed by atoms with Gasteiger partial charge in [0.05, 0.1) is 0 Å². The van der Waals surface area contributed by atoms with Gasteiger partial charge in [-0.25, -0.2) is 4.79 Å². The van der Waals surface area contributed by atoms with Gasteiger partial charge in [0.1, 0.15) is 11.3 Å². The number of hydrogen-bond donors (Lipinski definition) is 1. The van der Waals surface area contributed by atoms with Crippen molar-refractivity contribution in [1.82, 2.24) is 0 Å². The van der Waals surface area contributed by atoms with Crippen LogP contribution in [0.15, 0.2) is 15.5 Å². The number of benzene rings is 1. The summed E-state index contributed by atoms with van der Waals surface area (Å²) in [6.07, 6.45) is 3.22. The molecule has 1 fully saturated rings. The number of aliphatic imine (C=N–C) groups is 1. The fraction of sp³-hybridized carbons (Fsp3) is 0.417. The standard InChI is InChI=1S/C12H12BrNO2/c1-7-5-9(13)8(2)11(16)10(7)12(3-4-12)14-6-15/h5,16H,3-4H2,1-2H3. The molecule has 16 heavy (non-hydrogen) atoms. The topological polar surface area (TPSA) is 49.7 Å². The zero-order chi connectivity index (χ0) is 11.9. The molecular formula is C12H12BrNO2. The highest BCUT2D eigenvalue weighted by Crippen LogP contribution is 2.54. The minimum Gasteiger partial charge on any atom is -0.507 e. The molecule has 0 aromatic heterocycles. The first-order valence-electron chi connectivity index (χ1n) is 5.10. The molecule has 0 unspecified atom stereocenters. The molecule has 3 nitrogen and oxygen atoms in total. The summed E-state index contributed by atoms with van der Waals surface area (Å²) in [5.74, 6) is 0.239. The average Bonchev–Trinajstić information content (AvgIpc) is 2.96. The number of phenols is 1. The van der Waals surface area contributed by atoms with Crippen LogP contribution in [0.5, 0.6) is 5.75 Å². The van der Waals surface area contributed by atoms with E-state index in [9.17, 15) is 9.90 Å². The smallest absolute Gasteiger partial charge is 0.235 e. The Labute approximate surface area is 102 Å². The summed E-state index contributed by atoms with van der Waals surface area (Å²) in [5.41, 5.74) is 2.00. The number of hydrogen-bond acceptors (Lipinski definition) is 3. The lowest BCUT2D eigenvalue weighted by molar-refractivity contribution is 0.453. The molecule has 1 saturated carbocycles. The van der Waals surface area contributed by atoms with Crippen molar-refractivity contribution in [3.8, 4) is 5.75 Å². The van der Waals surface area contributed by atoms with E-state index in [0.29, 0.717) is 0 Å². The highest BCUT2D eigenvalue weighted by Gasteiger charge is 2.48. The summed E-state index contributed by atoms with van der Waals surface area (Å²) < 4.78 is 0.872. The molecule has 2 rings (SSSR count). The van der Waals surface area contributed by atoms with E-state index in [-0.39, 0.29) is 5.75 Å². The zero-order valence-corrected chi connectivity index (χ0v) is 10.8. The second-order valence-electron chi connectivity index (χ2n) is 4.26. The molecule has 0 heterocycles. The Balaban J connectivity index is 2.66. The maximum absolute atomic E-state index is 10.4. The molecule has 0 radical (unpaired) electrons. The third-order valence-electron chi connectivity index (χ3n) is 3.14. The lowest BCUT2D eigenvalue weighted by atomic mass is 9.96. The minimum absolute atomic E-state index is 0.239. The van der Waals surface area contributed by atoms with Crippen LogP contribution in [0.4, 0.5) is 0 Å². The molecule has 0 atom stereocenters. The molecule has 0 spiro atoms. The summed E-state index contributed by atoms with van der Waals surface area (Å²) >= 11 is 3.39. The fourth-order valence-corrected chi connectivity index (χ4v) is 2.60. The predicted octanol–water partition coefficient (Wildman–Crippen LogP) is 3.10. The van der Waals surface area contributed by atoms with E-state index in [0.717, 1.165) is 34.0 Å². The van der Waals surface area contributed by atoms with Crippen molar-refractivity contribution in [1.29, 1.82) is 0 Å². The first-order valence-corrected chi connectivity index (χ1v) is 5.89. The number of aryl methyl sites for hydroxylation is 1. The molecule has 84 valence electrons. The number of rotatable bonds is 2. The van der Waals surface area contributed by atoms with E-state index in [1.807, 2.05) is 19.9 Å². The van der Waals surface area contributed by atoms with Gasteiger partial charge in [0.25, 0.3) is 0 Å². The maximum atomic E-state index is 10.4. The van der Waals surface area contributed by atoms with Gasteiger partial charge in [-0.05, 0) is 38.3 Å². The van der Waals surface area contributed by atoms with Crippen molar-refractivity contribution in [2.75, 3.05) is 0 Å². The summed E-state index contributed by atoms with van der Waals surface area (Å²) in [7, 11) is 0. The number of nitrogens with zero attached hydrogens (tertiary/aromatic N) is 1. The van der Waals surface area contributed by atoms with Crippen molar-refractivity contribution in [2.24, 2.45) is 4.99 Å². The van der Waals surface area contributed by atoms with Crippen LogP contribution < -0.4 is 0 Å². The van der Waals surface area contributed by atoms with Crippen molar-refractivity contribution in [3.63, 3.8) is 0 Å². The number of carbonyl (C=O) groups excluding carboxylic acids is 1. The molecule has 1 aromatic rings. The van der Waals surface area contributed by atoms with E-state index in [2.05, 4.69) is 20.9 Å². The highest BCUT2D eigenvalue weighted by molar-refractivity contribution is 9.10. The first-order chi connectivity index (χ1) is 7.52. The maximum Gasteiger partial charge on any atom is 0.235 e. The molecule has 4 heteroatoms. The molecule has 0 bridgehead atoms. The van der Waals surface area contributed by atoms with E-state index in [4.69, 9.17) is 0 Å². The Morgan fingerprint density at radius 1 is 1.50 bits per heavy atom. The van der Waals surface area contributed by atoms with E-state index in [1.165, 1.54) is 0 Å². The number of isocyanates is 1. The van der Waals surface area contributed by atoms with E-state index in [1.54, 1.807) is 6.08 Å². The SMILES string of the molecule is Cc1cc(Br)c(C)c(O)c1C1(N=C=O)CC1. The Kier molecular flexibility index (Phi) is 2.64. The average molecular weight is 282 g/mol. The van der Waals surface area contributed by atoms with Crippen molar-refractivity contribution < 1.29 is 9.90 Å². The summed E-state index contributed by atoms with van der Waals surface area (Å²) in [6.45, 7) is 3.75. The number of phenolic OH excluding ortho intramolecular Hbond substituents is 1. The third kappa shape index (κ3) is 1.58. The molecular weight excluding hydrogens is 270 g/mol. The van der Waals surface area contributed by atoms with E-state index >= 15 is 0 Å². The van der Waals surface area contributed by atoms with Gasteiger partial charge in [0.2, 0.25) is 6.08 Å². The van der Waals surface area contributed by atoms with Crippen molar-refractivity contribution in [3.05, 3.63) is 27.2 Å². The summed E-state index contributed by atoms with van der Waals surface area (Å²) in [5, 5.41) is 10.1. The number of aromatic hydroxyl groups is 1. The van der Waals surface area contributed by atoms with Crippen molar-refractivity contribution >= 4 is 22.0 Å². The van der Waals surface area contributed by atoms with Gasteiger partial charge in [0, 0.05) is 15.6 Å².